The van der Waals surface area contributed by atoms with Gasteiger partial charge in [-0.15, -0.1) is 23.4 Å². The van der Waals surface area contributed by atoms with Crippen LogP contribution in [-0.2, 0) is 9.59 Å². The smallest absolute Gasteiger partial charge is 0.313 e. The van der Waals surface area contributed by atoms with Crippen molar-refractivity contribution in [3.8, 4) is 0 Å². The van der Waals surface area contributed by atoms with Gasteiger partial charge in [-0.1, -0.05) is 18.2 Å². The maximum atomic E-state index is 12.3. The minimum absolute atomic E-state index is 0.0487. The maximum absolute atomic E-state index is 12.3. The van der Waals surface area contributed by atoms with Crippen molar-refractivity contribution in [2.24, 2.45) is 5.41 Å². The summed E-state index contributed by atoms with van der Waals surface area (Å²) in [4.78, 5) is 37.3. The monoisotopic (exact) mass is 354 g/mol. The summed E-state index contributed by atoms with van der Waals surface area (Å²) < 4.78 is 0. The first-order chi connectivity index (χ1) is 11.0. The molecule has 2 fully saturated rings. The van der Waals surface area contributed by atoms with Crippen molar-refractivity contribution in [1.82, 2.24) is 10.2 Å². The third-order valence-electron chi connectivity index (χ3n) is 4.18. The van der Waals surface area contributed by atoms with Crippen LogP contribution < -0.4 is 5.32 Å². The number of β-lactam (4-membered cyclic amide) rings is 1. The van der Waals surface area contributed by atoms with Crippen LogP contribution in [0.3, 0.4) is 0 Å². The van der Waals surface area contributed by atoms with Crippen molar-refractivity contribution < 1.29 is 19.5 Å². The van der Waals surface area contributed by atoms with E-state index in [0.717, 1.165) is 0 Å². The molecule has 0 aromatic heterocycles. The highest BCUT2D eigenvalue weighted by atomic mass is 35.5. The summed E-state index contributed by atoms with van der Waals surface area (Å²) >= 11 is 7.16. The number of carbonyl (C=O) groups excluding carboxylic acids is 2. The summed E-state index contributed by atoms with van der Waals surface area (Å²) in [5.74, 6) is -1.30. The second-order valence-electron chi connectivity index (χ2n) is 5.70. The van der Waals surface area contributed by atoms with Crippen molar-refractivity contribution in [2.75, 3.05) is 18.2 Å². The molecule has 2 aliphatic heterocycles. The van der Waals surface area contributed by atoms with Crippen LogP contribution in [0.5, 0.6) is 0 Å². The van der Waals surface area contributed by atoms with Crippen LogP contribution in [0.4, 0.5) is 0 Å². The molecule has 3 atom stereocenters. The zero-order valence-electron chi connectivity index (χ0n) is 12.1. The summed E-state index contributed by atoms with van der Waals surface area (Å²) in [6, 6.07) is 8.04. The fourth-order valence-corrected chi connectivity index (χ4v) is 4.66. The zero-order valence-corrected chi connectivity index (χ0v) is 13.6. The number of carboxylic acids is 1. The highest BCUT2D eigenvalue weighted by Gasteiger charge is 2.57. The molecular formula is C15H15ClN2O4S. The predicted molar refractivity (Wildman–Crippen MR) is 86.4 cm³/mol. The highest BCUT2D eigenvalue weighted by molar-refractivity contribution is 8.00. The van der Waals surface area contributed by atoms with Gasteiger partial charge in [0, 0.05) is 23.7 Å². The normalized spacial score (nSPS) is 29.4. The molecular weight excluding hydrogens is 340 g/mol. The lowest BCUT2D eigenvalue weighted by atomic mass is 9.89. The van der Waals surface area contributed by atoms with Crippen molar-refractivity contribution in [3.05, 3.63) is 35.9 Å². The number of thioether (sulfide) groups is 1. The molecule has 0 saturated carbocycles. The third kappa shape index (κ3) is 2.68. The Hall–Kier alpha value is -1.73. The number of amides is 2. The second kappa shape index (κ2) is 6.05. The number of aliphatic carboxylic acids is 1. The molecule has 0 spiro atoms. The van der Waals surface area contributed by atoms with Crippen molar-refractivity contribution in [3.63, 3.8) is 0 Å². The van der Waals surface area contributed by atoms with Crippen LogP contribution in [0.25, 0.3) is 0 Å². The third-order valence-corrected chi connectivity index (χ3v) is 6.28. The lowest BCUT2D eigenvalue weighted by Gasteiger charge is -2.53. The standard InChI is InChI=1S/C15H15ClN2O4S/c16-6-15(14(21)22)7-18-12(20)10(13(18)23-8-15)17-11(19)9-4-2-1-3-5-9/h1-5,10,13H,6-8H2,(H,17,19)(H,21,22)/t10?,13-,15?/m1/s1. The van der Waals surface area contributed by atoms with Gasteiger partial charge in [0.2, 0.25) is 5.91 Å². The number of fused-ring (bicyclic) bond motifs is 1. The van der Waals surface area contributed by atoms with E-state index in [1.165, 1.54) is 16.7 Å². The first kappa shape index (κ1) is 16.1. The van der Waals surface area contributed by atoms with E-state index < -0.39 is 17.4 Å². The number of halogens is 1. The Bertz CT molecular complexity index is 656. The number of rotatable bonds is 4. The summed E-state index contributed by atoms with van der Waals surface area (Å²) in [7, 11) is 0. The first-order valence-corrected chi connectivity index (χ1v) is 8.64. The molecule has 8 heteroatoms. The molecule has 23 heavy (non-hydrogen) atoms. The molecule has 1 aromatic rings. The van der Waals surface area contributed by atoms with Crippen LogP contribution in [0.2, 0.25) is 0 Å². The van der Waals surface area contributed by atoms with Gasteiger partial charge >= 0.3 is 5.97 Å². The van der Waals surface area contributed by atoms with Crippen molar-refractivity contribution >= 4 is 41.1 Å². The van der Waals surface area contributed by atoms with E-state index in [-0.39, 0.29) is 29.6 Å². The van der Waals surface area contributed by atoms with Crippen LogP contribution in [0.1, 0.15) is 10.4 Å². The Labute approximate surface area is 142 Å². The van der Waals surface area contributed by atoms with Gasteiger partial charge in [-0.2, -0.15) is 0 Å². The number of benzene rings is 1. The van der Waals surface area contributed by atoms with Gasteiger partial charge in [0.15, 0.2) is 0 Å². The Balaban J connectivity index is 1.67. The Morgan fingerprint density at radius 2 is 2.09 bits per heavy atom. The largest absolute Gasteiger partial charge is 0.481 e. The number of nitrogens with zero attached hydrogens (tertiary/aromatic N) is 1. The van der Waals surface area contributed by atoms with Gasteiger partial charge in [-0.25, -0.2) is 0 Å². The molecule has 2 unspecified atom stereocenters. The highest BCUT2D eigenvalue weighted by Crippen LogP contribution is 2.42. The molecule has 6 nitrogen and oxygen atoms in total. The van der Waals surface area contributed by atoms with Crippen molar-refractivity contribution in [2.45, 2.75) is 11.4 Å². The molecule has 0 radical (unpaired) electrons. The van der Waals surface area contributed by atoms with E-state index in [4.69, 9.17) is 11.6 Å². The van der Waals surface area contributed by atoms with E-state index in [1.807, 2.05) is 6.07 Å². The quantitative estimate of drug-likeness (QED) is 0.622. The number of alkyl halides is 1. The molecule has 0 bridgehead atoms. The van der Waals surface area contributed by atoms with Crippen molar-refractivity contribution in [1.29, 1.82) is 0 Å². The Morgan fingerprint density at radius 3 is 2.70 bits per heavy atom. The number of carbonyl (C=O) groups is 3. The SMILES string of the molecule is O=C(NC1C(=O)N2CC(CCl)(C(=O)O)CS[C@H]12)c1ccccc1. The summed E-state index contributed by atoms with van der Waals surface area (Å²) in [5, 5.41) is 11.9. The molecule has 2 heterocycles. The van der Waals surface area contributed by atoms with Crippen LogP contribution >= 0.6 is 23.4 Å². The van der Waals surface area contributed by atoms with E-state index in [2.05, 4.69) is 5.32 Å². The summed E-state index contributed by atoms with van der Waals surface area (Å²) in [6.45, 7) is 0.0834. The number of carboxylic acid groups (broad SMARTS) is 1. The van der Waals surface area contributed by atoms with Crippen LogP contribution in [-0.4, -0.2) is 57.4 Å². The maximum Gasteiger partial charge on any atom is 0.313 e. The minimum Gasteiger partial charge on any atom is -0.481 e. The van der Waals surface area contributed by atoms with E-state index in [0.29, 0.717) is 11.3 Å². The average Bonchev–Trinajstić information content (AvgIpc) is 2.59. The van der Waals surface area contributed by atoms with Gasteiger partial charge in [0.1, 0.15) is 16.8 Å². The van der Waals surface area contributed by atoms with Gasteiger partial charge in [0.25, 0.3) is 5.91 Å². The number of nitrogens with one attached hydrogen (secondary N) is 1. The molecule has 3 rings (SSSR count). The van der Waals surface area contributed by atoms with E-state index in [9.17, 15) is 19.5 Å². The van der Waals surface area contributed by atoms with Gasteiger partial charge < -0.3 is 15.3 Å². The molecule has 122 valence electrons. The molecule has 2 saturated heterocycles. The van der Waals surface area contributed by atoms with Crippen LogP contribution in [0, 0.1) is 5.41 Å². The topological polar surface area (TPSA) is 86.7 Å². The zero-order chi connectivity index (χ0) is 16.6. The van der Waals surface area contributed by atoms with Crippen LogP contribution in [0.15, 0.2) is 30.3 Å². The molecule has 0 aliphatic carbocycles. The lowest BCUT2D eigenvalue weighted by molar-refractivity contribution is -0.156. The Kier molecular flexibility index (Phi) is 4.25. The predicted octanol–water partition coefficient (Wildman–Crippen LogP) is 1.01. The molecule has 2 amide bonds. The molecule has 1 aromatic carbocycles. The number of hydrogen-bond donors (Lipinski definition) is 2. The lowest BCUT2D eigenvalue weighted by Crippen LogP contribution is -2.73. The average molecular weight is 355 g/mol. The first-order valence-electron chi connectivity index (χ1n) is 7.06. The fourth-order valence-electron chi connectivity index (χ4n) is 2.71. The van der Waals surface area contributed by atoms with E-state index >= 15 is 0 Å². The van der Waals surface area contributed by atoms with Gasteiger partial charge in [-0.3, -0.25) is 14.4 Å². The van der Waals surface area contributed by atoms with Gasteiger partial charge in [-0.05, 0) is 12.1 Å². The molecule has 2 N–H and O–H groups in total. The minimum atomic E-state index is -1.12. The summed E-state index contributed by atoms with van der Waals surface area (Å²) in [5.41, 5.74) is -0.632. The fraction of sp³-hybridized carbons (Fsp3) is 0.400. The summed E-state index contributed by atoms with van der Waals surface area (Å²) in [6.07, 6.45) is 0. The van der Waals surface area contributed by atoms with E-state index in [1.54, 1.807) is 24.3 Å². The van der Waals surface area contributed by atoms with Gasteiger partial charge in [0.05, 0.1) is 0 Å². The molecule has 2 aliphatic rings. The second-order valence-corrected chi connectivity index (χ2v) is 7.08. The Morgan fingerprint density at radius 1 is 1.39 bits per heavy atom. The number of hydrogen-bond acceptors (Lipinski definition) is 4.